The van der Waals surface area contributed by atoms with Gasteiger partial charge in [-0.3, -0.25) is 0 Å². The predicted octanol–water partition coefficient (Wildman–Crippen LogP) is 4.75. The lowest BCUT2D eigenvalue weighted by molar-refractivity contribution is -0.131. The molecule has 0 fully saturated rings. The summed E-state index contributed by atoms with van der Waals surface area (Å²) >= 11 is 0. The fourth-order valence-electron chi connectivity index (χ4n) is 2.17. The zero-order valence-electron chi connectivity index (χ0n) is 13.7. The Bertz CT molecular complexity index is 481. The van der Waals surface area contributed by atoms with Crippen molar-refractivity contribution in [3.05, 3.63) is 48.1 Å². The lowest BCUT2D eigenvalue weighted by Gasteiger charge is -2.24. The molecule has 0 aliphatic heterocycles. The number of rotatable bonds is 10. The highest BCUT2D eigenvalue weighted by Gasteiger charge is 2.04. The summed E-state index contributed by atoms with van der Waals surface area (Å²) in [5.41, 5.74) is 2.34. The smallest absolute Gasteiger partial charge is 0.328 e. The maximum Gasteiger partial charge on any atom is 0.328 e. The van der Waals surface area contributed by atoms with E-state index in [1.165, 1.54) is 37.4 Å². The Morgan fingerprint density at radius 3 is 2.14 bits per heavy atom. The number of allylic oxidation sites excluding steroid dienone is 2. The molecule has 0 aliphatic carbocycles. The van der Waals surface area contributed by atoms with Gasteiger partial charge in [-0.15, -0.1) is 0 Å². The SMILES string of the molecule is CCCCN(CCCC)c1ccc(/C=C/C=C/C(=O)O)cc1. The van der Waals surface area contributed by atoms with Crippen LogP contribution in [0.5, 0.6) is 0 Å². The number of nitrogens with zero attached hydrogens (tertiary/aromatic N) is 1. The van der Waals surface area contributed by atoms with Gasteiger partial charge in [-0.05, 0) is 30.5 Å². The van der Waals surface area contributed by atoms with Crippen LogP contribution in [0, 0.1) is 0 Å². The second-order valence-corrected chi connectivity index (χ2v) is 5.34. The van der Waals surface area contributed by atoms with Crippen LogP contribution in [0.3, 0.4) is 0 Å². The highest BCUT2D eigenvalue weighted by Crippen LogP contribution is 2.17. The van der Waals surface area contributed by atoms with Crippen LogP contribution in [-0.2, 0) is 4.79 Å². The Balaban J connectivity index is 2.68. The quantitative estimate of drug-likeness (QED) is 0.501. The van der Waals surface area contributed by atoms with Crippen molar-refractivity contribution < 1.29 is 9.90 Å². The zero-order chi connectivity index (χ0) is 16.2. The van der Waals surface area contributed by atoms with Crippen LogP contribution in [-0.4, -0.2) is 24.2 Å². The largest absolute Gasteiger partial charge is 0.478 e. The first-order chi connectivity index (χ1) is 10.7. The summed E-state index contributed by atoms with van der Waals surface area (Å²) in [6.45, 7) is 6.65. The molecular formula is C19H27NO2. The van der Waals surface area contributed by atoms with E-state index in [1.807, 2.05) is 6.08 Å². The Hall–Kier alpha value is -2.03. The van der Waals surface area contributed by atoms with Crippen LogP contribution >= 0.6 is 0 Å². The molecule has 3 nitrogen and oxygen atoms in total. The third kappa shape index (κ3) is 7.11. The molecule has 1 aromatic carbocycles. The van der Waals surface area contributed by atoms with Gasteiger partial charge >= 0.3 is 5.97 Å². The molecule has 3 heteroatoms. The number of unbranched alkanes of at least 4 members (excludes halogenated alkanes) is 2. The first-order valence-corrected chi connectivity index (χ1v) is 8.10. The average molecular weight is 301 g/mol. The van der Waals surface area contributed by atoms with Crippen molar-refractivity contribution in [1.29, 1.82) is 0 Å². The Labute approximate surface area is 134 Å². The van der Waals surface area contributed by atoms with Crippen LogP contribution in [0.1, 0.15) is 45.1 Å². The van der Waals surface area contributed by atoms with Crippen molar-refractivity contribution in [2.24, 2.45) is 0 Å². The topological polar surface area (TPSA) is 40.5 Å². The Morgan fingerprint density at radius 2 is 1.64 bits per heavy atom. The molecule has 0 aliphatic rings. The summed E-state index contributed by atoms with van der Waals surface area (Å²) in [6, 6.07) is 8.44. The third-order valence-electron chi connectivity index (χ3n) is 3.46. The molecule has 0 unspecified atom stereocenters. The van der Waals surface area contributed by atoms with Crippen LogP contribution in [0.2, 0.25) is 0 Å². The van der Waals surface area contributed by atoms with Gasteiger partial charge in [-0.1, -0.05) is 57.0 Å². The predicted molar refractivity (Wildman–Crippen MR) is 94.3 cm³/mol. The summed E-state index contributed by atoms with van der Waals surface area (Å²) in [4.78, 5) is 12.8. The van der Waals surface area contributed by atoms with E-state index in [0.29, 0.717) is 0 Å². The third-order valence-corrected chi connectivity index (χ3v) is 3.46. The van der Waals surface area contributed by atoms with Crippen LogP contribution in [0.4, 0.5) is 5.69 Å². The molecule has 0 saturated heterocycles. The van der Waals surface area contributed by atoms with Gasteiger partial charge in [0.2, 0.25) is 0 Å². The van der Waals surface area contributed by atoms with Gasteiger partial charge in [-0.25, -0.2) is 4.79 Å². The summed E-state index contributed by atoms with van der Waals surface area (Å²) in [5.74, 6) is -0.928. The van der Waals surface area contributed by atoms with E-state index in [4.69, 9.17) is 5.11 Å². The minimum atomic E-state index is -0.928. The molecule has 0 spiro atoms. The summed E-state index contributed by atoms with van der Waals surface area (Å²) in [7, 11) is 0. The molecule has 1 aromatic rings. The maximum absolute atomic E-state index is 10.4. The van der Waals surface area contributed by atoms with Crippen molar-refractivity contribution in [2.45, 2.75) is 39.5 Å². The number of aliphatic carboxylic acids is 1. The molecule has 0 bridgehead atoms. The number of hydrogen-bond acceptors (Lipinski definition) is 2. The van der Waals surface area contributed by atoms with E-state index >= 15 is 0 Å². The van der Waals surface area contributed by atoms with E-state index in [1.54, 1.807) is 6.08 Å². The minimum Gasteiger partial charge on any atom is -0.478 e. The molecule has 1 N–H and O–H groups in total. The molecule has 0 saturated carbocycles. The second kappa shape index (κ2) is 10.7. The number of carboxylic acids is 1. The van der Waals surface area contributed by atoms with Crippen molar-refractivity contribution >= 4 is 17.7 Å². The van der Waals surface area contributed by atoms with Gasteiger partial charge in [0.1, 0.15) is 0 Å². The molecule has 0 heterocycles. The van der Waals surface area contributed by atoms with Crippen molar-refractivity contribution in [2.75, 3.05) is 18.0 Å². The number of carboxylic acid groups (broad SMARTS) is 1. The van der Waals surface area contributed by atoms with Crippen molar-refractivity contribution in [3.8, 4) is 0 Å². The van der Waals surface area contributed by atoms with Gasteiger partial charge in [0.25, 0.3) is 0 Å². The fraction of sp³-hybridized carbons (Fsp3) is 0.421. The first-order valence-electron chi connectivity index (χ1n) is 8.10. The second-order valence-electron chi connectivity index (χ2n) is 5.34. The number of anilines is 1. The van der Waals surface area contributed by atoms with Gasteiger partial charge in [0.15, 0.2) is 0 Å². The highest BCUT2D eigenvalue weighted by atomic mass is 16.4. The van der Waals surface area contributed by atoms with E-state index in [-0.39, 0.29) is 0 Å². The number of benzene rings is 1. The summed E-state index contributed by atoms with van der Waals surface area (Å²) in [6.07, 6.45) is 11.2. The van der Waals surface area contributed by atoms with Gasteiger partial charge < -0.3 is 10.0 Å². The van der Waals surface area contributed by atoms with Gasteiger partial charge in [0, 0.05) is 24.9 Å². The molecule has 1 rings (SSSR count). The first kappa shape index (κ1) is 18.0. The van der Waals surface area contributed by atoms with Crippen molar-refractivity contribution in [3.63, 3.8) is 0 Å². The summed E-state index contributed by atoms with van der Waals surface area (Å²) in [5, 5.41) is 8.52. The van der Waals surface area contributed by atoms with Crippen molar-refractivity contribution in [1.82, 2.24) is 0 Å². The van der Waals surface area contributed by atoms with Gasteiger partial charge in [0.05, 0.1) is 0 Å². The van der Waals surface area contributed by atoms with E-state index < -0.39 is 5.97 Å². The maximum atomic E-state index is 10.4. The lowest BCUT2D eigenvalue weighted by Crippen LogP contribution is -2.25. The standard InChI is InChI=1S/C19H27NO2/c1-3-5-15-20(16-6-4-2)18-13-11-17(12-14-18)9-7-8-10-19(21)22/h7-14H,3-6,15-16H2,1-2H3,(H,21,22)/b9-7+,10-8+. The summed E-state index contributed by atoms with van der Waals surface area (Å²) < 4.78 is 0. The fourth-order valence-corrected chi connectivity index (χ4v) is 2.17. The van der Waals surface area contributed by atoms with Gasteiger partial charge in [-0.2, -0.15) is 0 Å². The van der Waals surface area contributed by atoms with E-state index in [0.717, 1.165) is 24.7 Å². The van der Waals surface area contributed by atoms with Crippen LogP contribution < -0.4 is 4.90 Å². The molecule has 0 aromatic heterocycles. The zero-order valence-corrected chi connectivity index (χ0v) is 13.7. The number of carbonyl (C=O) groups is 1. The lowest BCUT2D eigenvalue weighted by atomic mass is 10.1. The van der Waals surface area contributed by atoms with E-state index in [2.05, 4.69) is 43.0 Å². The highest BCUT2D eigenvalue weighted by molar-refractivity contribution is 5.80. The van der Waals surface area contributed by atoms with Crippen LogP contribution in [0.25, 0.3) is 6.08 Å². The molecule has 22 heavy (non-hydrogen) atoms. The Kier molecular flexibility index (Phi) is 8.73. The Morgan fingerprint density at radius 1 is 1.05 bits per heavy atom. The van der Waals surface area contributed by atoms with Crippen LogP contribution in [0.15, 0.2) is 42.5 Å². The molecule has 0 radical (unpaired) electrons. The van der Waals surface area contributed by atoms with E-state index in [9.17, 15) is 4.79 Å². The molecule has 0 amide bonds. The molecule has 120 valence electrons. The molecular weight excluding hydrogens is 274 g/mol. The normalized spacial score (nSPS) is 11.4. The molecule has 0 atom stereocenters. The number of hydrogen-bond donors (Lipinski definition) is 1. The minimum absolute atomic E-state index is 0.928. The average Bonchev–Trinajstić information content (AvgIpc) is 2.52. The monoisotopic (exact) mass is 301 g/mol.